The van der Waals surface area contributed by atoms with Crippen molar-refractivity contribution < 1.29 is 9.59 Å². The number of hydrogen-bond donors (Lipinski definition) is 1. The third-order valence-electron chi connectivity index (χ3n) is 5.76. The second-order valence-electron chi connectivity index (χ2n) is 8.38. The standard InChI is InChI=1S/C28H29Cl3N2O2/c1-2-3-16-32-28(35)26(17-20-8-5-4-6-9-20)33(19-21-12-14-22(29)15-13-21)27(34)18-23-24(30)10-7-11-25(23)31/h4-15,26H,2-3,16-19H2,1H3,(H,32,35)/t26-/m1/s1. The number of nitrogens with zero attached hydrogens (tertiary/aromatic N) is 1. The Balaban J connectivity index is 1.97. The summed E-state index contributed by atoms with van der Waals surface area (Å²) in [6.07, 6.45) is 2.19. The Hall–Kier alpha value is -2.53. The van der Waals surface area contributed by atoms with Crippen molar-refractivity contribution in [3.05, 3.63) is 105 Å². The second kappa shape index (κ2) is 13.5. The van der Waals surface area contributed by atoms with Crippen molar-refractivity contribution >= 4 is 46.6 Å². The van der Waals surface area contributed by atoms with Gasteiger partial charge < -0.3 is 10.2 Å². The number of amides is 2. The Kier molecular flexibility index (Phi) is 10.5. The summed E-state index contributed by atoms with van der Waals surface area (Å²) in [6, 6.07) is 21.4. The molecule has 2 amide bonds. The third-order valence-corrected chi connectivity index (χ3v) is 6.72. The predicted octanol–water partition coefficient (Wildman–Crippen LogP) is 6.75. The molecular formula is C28H29Cl3N2O2. The van der Waals surface area contributed by atoms with E-state index in [2.05, 4.69) is 12.2 Å². The lowest BCUT2D eigenvalue weighted by molar-refractivity contribution is -0.140. The van der Waals surface area contributed by atoms with Gasteiger partial charge in [-0.1, -0.05) is 96.7 Å². The van der Waals surface area contributed by atoms with Crippen molar-refractivity contribution in [3.8, 4) is 0 Å². The van der Waals surface area contributed by atoms with E-state index in [1.165, 1.54) is 0 Å². The van der Waals surface area contributed by atoms with Gasteiger partial charge in [-0.05, 0) is 47.4 Å². The molecule has 0 aromatic heterocycles. The van der Waals surface area contributed by atoms with E-state index in [-0.39, 0.29) is 24.8 Å². The van der Waals surface area contributed by atoms with Crippen LogP contribution in [0.3, 0.4) is 0 Å². The molecule has 35 heavy (non-hydrogen) atoms. The second-order valence-corrected chi connectivity index (χ2v) is 9.63. The van der Waals surface area contributed by atoms with E-state index < -0.39 is 6.04 Å². The van der Waals surface area contributed by atoms with Crippen LogP contribution in [0.15, 0.2) is 72.8 Å². The number of unbranched alkanes of at least 4 members (excludes halogenated alkanes) is 1. The maximum atomic E-state index is 13.8. The van der Waals surface area contributed by atoms with Gasteiger partial charge in [-0.15, -0.1) is 0 Å². The summed E-state index contributed by atoms with van der Waals surface area (Å²) in [7, 11) is 0. The van der Waals surface area contributed by atoms with Gasteiger partial charge in [-0.25, -0.2) is 0 Å². The van der Waals surface area contributed by atoms with Crippen LogP contribution in [0.1, 0.15) is 36.5 Å². The molecule has 0 fully saturated rings. The van der Waals surface area contributed by atoms with Crippen LogP contribution in [0.25, 0.3) is 0 Å². The molecule has 0 heterocycles. The zero-order valence-electron chi connectivity index (χ0n) is 19.6. The average Bonchev–Trinajstić information content (AvgIpc) is 2.85. The molecule has 4 nitrogen and oxygen atoms in total. The number of benzene rings is 3. The molecule has 0 unspecified atom stereocenters. The summed E-state index contributed by atoms with van der Waals surface area (Å²) >= 11 is 18.8. The van der Waals surface area contributed by atoms with Crippen molar-refractivity contribution in [2.45, 2.75) is 45.2 Å². The van der Waals surface area contributed by atoms with E-state index in [1.807, 2.05) is 42.5 Å². The lowest BCUT2D eigenvalue weighted by Crippen LogP contribution is -2.51. The summed E-state index contributed by atoms with van der Waals surface area (Å²) in [5.41, 5.74) is 2.38. The molecular weight excluding hydrogens is 503 g/mol. The monoisotopic (exact) mass is 530 g/mol. The zero-order valence-corrected chi connectivity index (χ0v) is 21.9. The summed E-state index contributed by atoms with van der Waals surface area (Å²) < 4.78 is 0. The minimum atomic E-state index is -0.710. The molecule has 1 atom stereocenters. The molecule has 3 aromatic rings. The van der Waals surface area contributed by atoms with Crippen LogP contribution in [-0.2, 0) is 29.0 Å². The highest BCUT2D eigenvalue weighted by Crippen LogP contribution is 2.26. The van der Waals surface area contributed by atoms with Crippen LogP contribution in [0.2, 0.25) is 15.1 Å². The Bertz CT molecular complexity index is 1100. The summed E-state index contributed by atoms with van der Waals surface area (Å²) in [4.78, 5) is 28.8. The number of hydrogen-bond acceptors (Lipinski definition) is 2. The van der Waals surface area contributed by atoms with E-state index in [0.29, 0.717) is 33.6 Å². The highest BCUT2D eigenvalue weighted by atomic mass is 35.5. The zero-order chi connectivity index (χ0) is 25.2. The van der Waals surface area contributed by atoms with Gasteiger partial charge in [0.25, 0.3) is 0 Å². The molecule has 0 aliphatic rings. The van der Waals surface area contributed by atoms with E-state index in [1.54, 1.807) is 35.2 Å². The molecule has 0 aliphatic carbocycles. The minimum absolute atomic E-state index is 0.0143. The summed E-state index contributed by atoms with van der Waals surface area (Å²) in [5, 5.41) is 4.46. The fourth-order valence-corrected chi connectivity index (χ4v) is 4.46. The van der Waals surface area contributed by atoms with Crippen molar-refractivity contribution in [1.82, 2.24) is 10.2 Å². The normalized spacial score (nSPS) is 11.7. The van der Waals surface area contributed by atoms with Gasteiger partial charge in [0, 0.05) is 34.6 Å². The van der Waals surface area contributed by atoms with Crippen molar-refractivity contribution in [1.29, 1.82) is 0 Å². The number of rotatable bonds is 11. The summed E-state index contributed by atoms with van der Waals surface area (Å²) in [6.45, 7) is 2.87. The molecule has 0 spiro atoms. The predicted molar refractivity (Wildman–Crippen MR) is 144 cm³/mol. The average molecular weight is 532 g/mol. The van der Waals surface area contributed by atoms with E-state index in [0.717, 1.165) is 24.0 Å². The molecule has 0 radical (unpaired) electrons. The first kappa shape index (κ1) is 27.1. The van der Waals surface area contributed by atoms with E-state index >= 15 is 0 Å². The Morgan fingerprint density at radius 2 is 1.51 bits per heavy atom. The first-order valence-corrected chi connectivity index (χ1v) is 12.8. The Morgan fingerprint density at radius 3 is 2.14 bits per heavy atom. The third kappa shape index (κ3) is 7.99. The molecule has 7 heteroatoms. The molecule has 0 aliphatic heterocycles. The fourth-order valence-electron chi connectivity index (χ4n) is 3.80. The molecule has 0 saturated heterocycles. The minimum Gasteiger partial charge on any atom is -0.354 e. The maximum Gasteiger partial charge on any atom is 0.243 e. The van der Waals surface area contributed by atoms with Crippen LogP contribution in [0.5, 0.6) is 0 Å². The summed E-state index contributed by atoms with van der Waals surface area (Å²) in [5.74, 6) is -0.420. The highest BCUT2D eigenvalue weighted by molar-refractivity contribution is 6.36. The van der Waals surface area contributed by atoms with Crippen LogP contribution in [0.4, 0.5) is 0 Å². The van der Waals surface area contributed by atoms with Crippen LogP contribution in [0, 0.1) is 0 Å². The molecule has 1 N–H and O–H groups in total. The number of carbonyl (C=O) groups excluding carboxylic acids is 2. The highest BCUT2D eigenvalue weighted by Gasteiger charge is 2.31. The smallest absolute Gasteiger partial charge is 0.243 e. The molecule has 0 bridgehead atoms. The molecule has 184 valence electrons. The van der Waals surface area contributed by atoms with Crippen LogP contribution >= 0.6 is 34.8 Å². The lowest BCUT2D eigenvalue weighted by Gasteiger charge is -2.32. The first-order valence-electron chi connectivity index (χ1n) is 11.7. The quantitative estimate of drug-likeness (QED) is 0.278. The first-order chi connectivity index (χ1) is 16.9. The topological polar surface area (TPSA) is 49.4 Å². The number of halogens is 3. The van der Waals surface area contributed by atoms with Crippen LogP contribution in [-0.4, -0.2) is 29.3 Å². The van der Waals surface area contributed by atoms with Gasteiger partial charge in [-0.2, -0.15) is 0 Å². The van der Waals surface area contributed by atoms with E-state index in [9.17, 15) is 9.59 Å². The maximum absolute atomic E-state index is 13.8. The Labute approximate surface area is 222 Å². The largest absolute Gasteiger partial charge is 0.354 e. The molecule has 0 saturated carbocycles. The van der Waals surface area contributed by atoms with Gasteiger partial charge in [0.1, 0.15) is 6.04 Å². The SMILES string of the molecule is CCCCNC(=O)[C@@H](Cc1ccccc1)N(Cc1ccc(Cl)cc1)C(=O)Cc1c(Cl)cccc1Cl. The number of carbonyl (C=O) groups is 2. The van der Waals surface area contributed by atoms with Crippen LogP contribution < -0.4 is 5.32 Å². The molecule has 3 aromatic carbocycles. The lowest BCUT2D eigenvalue weighted by atomic mass is 10.0. The van der Waals surface area contributed by atoms with Crippen molar-refractivity contribution in [3.63, 3.8) is 0 Å². The fraction of sp³-hybridized carbons (Fsp3) is 0.286. The van der Waals surface area contributed by atoms with Crippen molar-refractivity contribution in [2.24, 2.45) is 0 Å². The van der Waals surface area contributed by atoms with E-state index in [4.69, 9.17) is 34.8 Å². The van der Waals surface area contributed by atoms with Gasteiger partial charge >= 0.3 is 0 Å². The van der Waals surface area contributed by atoms with Gasteiger partial charge in [0.15, 0.2) is 0 Å². The van der Waals surface area contributed by atoms with Crippen molar-refractivity contribution in [2.75, 3.05) is 6.54 Å². The Morgan fingerprint density at radius 1 is 0.857 bits per heavy atom. The van der Waals surface area contributed by atoms with Gasteiger partial charge in [0.05, 0.1) is 6.42 Å². The molecule has 3 rings (SSSR count). The number of nitrogens with one attached hydrogen (secondary N) is 1. The van der Waals surface area contributed by atoms with Gasteiger partial charge in [-0.3, -0.25) is 9.59 Å². The van der Waals surface area contributed by atoms with Gasteiger partial charge in [0.2, 0.25) is 11.8 Å².